The molecule has 0 unspecified atom stereocenters. The molecule has 17 heavy (non-hydrogen) atoms. The van der Waals surface area contributed by atoms with Gasteiger partial charge in [0.2, 0.25) is 0 Å². The van der Waals surface area contributed by atoms with Crippen molar-refractivity contribution < 1.29 is 42.5 Å². The summed E-state index contributed by atoms with van der Waals surface area (Å²) in [4.78, 5) is -0.106. The van der Waals surface area contributed by atoms with Gasteiger partial charge in [-0.2, -0.15) is 0 Å². The van der Waals surface area contributed by atoms with Gasteiger partial charge in [-0.25, -0.2) is 8.42 Å². The Hall–Kier alpha value is -0.390. The molecule has 0 amide bonds. The van der Waals surface area contributed by atoms with E-state index >= 15 is 0 Å². The summed E-state index contributed by atoms with van der Waals surface area (Å²) in [5, 5.41) is 1.28. The van der Waals surface area contributed by atoms with Crippen LogP contribution in [0.1, 0.15) is 11.1 Å². The third kappa shape index (κ3) is 2.89. The smallest absolute Gasteiger partial charge is 0.744 e. The topological polar surface area (TPSA) is 57.2 Å². The summed E-state index contributed by atoms with van der Waals surface area (Å²) in [6, 6.07) is 8.83. The summed E-state index contributed by atoms with van der Waals surface area (Å²) in [7, 11) is -4.42. The van der Waals surface area contributed by atoms with Crippen molar-refractivity contribution in [1.82, 2.24) is 0 Å². The van der Waals surface area contributed by atoms with E-state index in [2.05, 4.69) is 0 Å². The fraction of sp³-hybridized carbons (Fsp3) is 0.167. The predicted octanol–water partition coefficient (Wildman–Crippen LogP) is -0.635. The van der Waals surface area contributed by atoms with Crippen LogP contribution in [0.15, 0.2) is 35.2 Å². The summed E-state index contributed by atoms with van der Waals surface area (Å²) < 4.78 is 33.6. The first-order valence-electron chi connectivity index (χ1n) is 4.85. The van der Waals surface area contributed by atoms with E-state index in [0.717, 1.165) is 10.9 Å². The Morgan fingerprint density at radius 1 is 1.06 bits per heavy atom. The number of rotatable bonds is 1. The van der Waals surface area contributed by atoms with Crippen molar-refractivity contribution in [2.75, 3.05) is 0 Å². The van der Waals surface area contributed by atoms with Crippen LogP contribution < -0.4 is 29.6 Å². The molecule has 0 aliphatic rings. The minimum absolute atomic E-state index is 0. The van der Waals surface area contributed by atoms with Crippen molar-refractivity contribution in [2.45, 2.75) is 18.7 Å². The molecule has 0 aromatic heterocycles. The minimum Gasteiger partial charge on any atom is -0.744 e. The van der Waals surface area contributed by atoms with Crippen LogP contribution >= 0.6 is 0 Å². The molecule has 2 aromatic rings. The summed E-state index contributed by atoms with van der Waals surface area (Å²) in [5.74, 6) is 0. The van der Waals surface area contributed by atoms with Gasteiger partial charge in [0.1, 0.15) is 10.1 Å². The van der Waals surface area contributed by atoms with Gasteiger partial charge in [0.25, 0.3) is 0 Å². The van der Waals surface area contributed by atoms with Gasteiger partial charge in [-0.3, -0.25) is 0 Å². The number of benzene rings is 2. The minimum atomic E-state index is -4.42. The van der Waals surface area contributed by atoms with E-state index < -0.39 is 10.1 Å². The van der Waals surface area contributed by atoms with Gasteiger partial charge in [0.15, 0.2) is 0 Å². The van der Waals surface area contributed by atoms with Gasteiger partial charge in [-0.1, -0.05) is 35.9 Å². The molecule has 0 aliphatic heterocycles. The third-order valence-electron chi connectivity index (χ3n) is 2.57. The molecule has 0 spiro atoms. The van der Waals surface area contributed by atoms with Gasteiger partial charge in [-0.15, -0.1) is 0 Å². The average molecular weight is 258 g/mol. The largest absolute Gasteiger partial charge is 1.00 e. The zero-order chi connectivity index (χ0) is 11.9. The molecule has 84 valence electrons. The Morgan fingerprint density at radius 2 is 1.71 bits per heavy atom. The summed E-state index contributed by atoms with van der Waals surface area (Å²) >= 11 is 0. The molecule has 2 aromatic carbocycles. The zero-order valence-corrected chi connectivity index (χ0v) is 12.8. The zero-order valence-electron chi connectivity index (χ0n) is 10.0. The van der Waals surface area contributed by atoms with Crippen molar-refractivity contribution in [3.8, 4) is 0 Å². The Labute approximate surface area is 123 Å². The molecule has 0 heterocycles. The molecule has 2 rings (SSSR count). The van der Waals surface area contributed by atoms with Crippen molar-refractivity contribution in [1.29, 1.82) is 0 Å². The quantitative estimate of drug-likeness (QED) is 0.505. The first-order chi connectivity index (χ1) is 7.39. The van der Waals surface area contributed by atoms with Crippen LogP contribution in [0.3, 0.4) is 0 Å². The van der Waals surface area contributed by atoms with Crippen molar-refractivity contribution in [2.24, 2.45) is 0 Å². The van der Waals surface area contributed by atoms with Crippen LogP contribution in [-0.2, 0) is 10.1 Å². The molecule has 0 saturated heterocycles. The Morgan fingerprint density at radius 3 is 2.29 bits per heavy atom. The number of hydrogen-bond donors (Lipinski definition) is 0. The second-order valence-corrected chi connectivity index (χ2v) is 5.21. The third-order valence-corrected chi connectivity index (χ3v) is 3.61. The van der Waals surface area contributed by atoms with Crippen LogP contribution in [-0.4, -0.2) is 13.0 Å². The maximum Gasteiger partial charge on any atom is 1.00 e. The number of hydrogen-bond acceptors (Lipinski definition) is 3. The van der Waals surface area contributed by atoms with E-state index in [0.29, 0.717) is 10.9 Å². The van der Waals surface area contributed by atoms with E-state index in [-0.39, 0.29) is 34.5 Å². The van der Waals surface area contributed by atoms with E-state index in [1.807, 2.05) is 19.1 Å². The number of aryl methyl sites for hydroxylation is 2. The molecular weight excluding hydrogens is 247 g/mol. The molecule has 0 bridgehead atoms. The second-order valence-electron chi connectivity index (χ2n) is 3.89. The van der Waals surface area contributed by atoms with Crippen LogP contribution in [0.4, 0.5) is 0 Å². The molecule has 0 N–H and O–H groups in total. The first-order valence-corrected chi connectivity index (χ1v) is 6.26. The first kappa shape index (κ1) is 14.7. The van der Waals surface area contributed by atoms with E-state index in [1.54, 1.807) is 25.1 Å². The van der Waals surface area contributed by atoms with Crippen LogP contribution in [0.25, 0.3) is 10.8 Å². The van der Waals surface area contributed by atoms with Crippen LogP contribution in [0.5, 0.6) is 0 Å². The van der Waals surface area contributed by atoms with E-state index in [4.69, 9.17) is 0 Å². The Bertz CT molecular complexity index is 663. The van der Waals surface area contributed by atoms with Gasteiger partial charge in [0.05, 0.1) is 4.90 Å². The molecule has 0 atom stereocenters. The average Bonchev–Trinajstić information content (AvgIpc) is 2.16. The summed E-state index contributed by atoms with van der Waals surface area (Å²) in [6.07, 6.45) is 0. The van der Waals surface area contributed by atoms with E-state index in [9.17, 15) is 13.0 Å². The predicted molar refractivity (Wildman–Crippen MR) is 61.4 cm³/mol. The van der Waals surface area contributed by atoms with Gasteiger partial charge >= 0.3 is 29.6 Å². The molecule has 5 heteroatoms. The second kappa shape index (κ2) is 5.08. The maximum atomic E-state index is 11.2. The maximum absolute atomic E-state index is 11.2. The van der Waals surface area contributed by atoms with Crippen LogP contribution in [0, 0.1) is 13.8 Å². The van der Waals surface area contributed by atoms with Gasteiger partial charge in [-0.05, 0) is 30.2 Å². The molecule has 0 radical (unpaired) electrons. The SMILES string of the molecule is Cc1ccc2c(S(=O)(=O)[O-])c(C)ccc2c1.[Na+]. The molecular formula is C12H11NaO3S. The van der Waals surface area contributed by atoms with Crippen molar-refractivity contribution in [3.05, 3.63) is 41.5 Å². The fourth-order valence-electron chi connectivity index (χ4n) is 1.86. The Balaban J connectivity index is 0.00000144. The standard InChI is InChI=1S/C12H12O3S.Na/c1-8-3-6-11-10(7-8)5-4-9(2)12(11)16(13,14)15;/h3-7H,1-2H3,(H,13,14,15);/q;+1/p-1. The van der Waals surface area contributed by atoms with E-state index in [1.165, 1.54) is 0 Å². The van der Waals surface area contributed by atoms with Crippen molar-refractivity contribution >= 4 is 20.9 Å². The van der Waals surface area contributed by atoms with Gasteiger partial charge in [0, 0.05) is 0 Å². The molecule has 0 aliphatic carbocycles. The summed E-state index contributed by atoms with van der Waals surface area (Å²) in [6.45, 7) is 3.55. The monoisotopic (exact) mass is 258 g/mol. The number of fused-ring (bicyclic) bond motifs is 1. The van der Waals surface area contributed by atoms with Crippen LogP contribution in [0.2, 0.25) is 0 Å². The van der Waals surface area contributed by atoms with Gasteiger partial charge < -0.3 is 4.55 Å². The van der Waals surface area contributed by atoms with Crippen molar-refractivity contribution in [3.63, 3.8) is 0 Å². The molecule has 0 saturated carbocycles. The molecule has 0 fully saturated rings. The fourth-order valence-corrected chi connectivity index (χ4v) is 2.78. The molecule has 3 nitrogen and oxygen atoms in total. The summed E-state index contributed by atoms with van der Waals surface area (Å²) in [5.41, 5.74) is 1.52. The Kier molecular flexibility index (Phi) is 4.38. The normalized spacial score (nSPS) is 11.2.